The third kappa shape index (κ3) is 4.22. The summed E-state index contributed by atoms with van der Waals surface area (Å²) < 4.78 is 5.73. The minimum atomic E-state index is -0.142. The Hall–Kier alpha value is -1.22. The van der Waals surface area contributed by atoms with E-state index in [0.29, 0.717) is 12.5 Å². The molecule has 0 aliphatic rings. The number of hydrogen-bond donors (Lipinski definition) is 0. The van der Waals surface area contributed by atoms with E-state index < -0.39 is 0 Å². The minimum Gasteiger partial charge on any atom is -0.491 e. The van der Waals surface area contributed by atoms with Crippen LogP contribution in [0.15, 0.2) is 24.3 Å². The zero-order valence-electron chi connectivity index (χ0n) is 11.1. The first-order valence-corrected chi connectivity index (χ1v) is 6.64. The summed E-state index contributed by atoms with van der Waals surface area (Å²) in [7, 11) is 1.70. The third-order valence-electron chi connectivity index (χ3n) is 2.67. The van der Waals surface area contributed by atoms with Gasteiger partial charge in [-0.1, -0.05) is 26.0 Å². The monoisotopic (exact) mass is 269 g/mol. The van der Waals surface area contributed by atoms with E-state index in [1.54, 1.807) is 7.05 Å². The second kappa shape index (κ2) is 7.27. The van der Waals surface area contributed by atoms with E-state index in [9.17, 15) is 4.79 Å². The molecule has 0 aliphatic carbocycles. The summed E-state index contributed by atoms with van der Waals surface area (Å²) in [5.74, 6) is 1.15. The van der Waals surface area contributed by atoms with Gasteiger partial charge in [-0.2, -0.15) is 0 Å². The average molecular weight is 270 g/mol. The molecule has 4 heteroatoms. The Morgan fingerprint density at radius 3 is 2.67 bits per heavy atom. The minimum absolute atomic E-state index is 0.0309. The number of amides is 1. The molecule has 0 saturated heterocycles. The van der Waals surface area contributed by atoms with E-state index in [1.165, 1.54) is 4.90 Å². The van der Waals surface area contributed by atoms with Crippen molar-refractivity contribution in [1.29, 1.82) is 0 Å². The number of anilines is 1. The molecule has 0 atom stereocenters. The molecule has 0 radical (unpaired) electrons. The Morgan fingerprint density at radius 2 is 2.06 bits per heavy atom. The van der Waals surface area contributed by atoms with Gasteiger partial charge >= 0.3 is 0 Å². The number of benzene rings is 1. The van der Waals surface area contributed by atoms with Crippen molar-refractivity contribution >= 4 is 23.2 Å². The molecule has 1 aromatic rings. The van der Waals surface area contributed by atoms with Crippen molar-refractivity contribution in [2.24, 2.45) is 5.92 Å². The lowest BCUT2D eigenvalue weighted by molar-refractivity contribution is -0.116. The molecule has 0 heterocycles. The van der Waals surface area contributed by atoms with E-state index in [-0.39, 0.29) is 11.8 Å². The number of nitrogens with zero attached hydrogens (tertiary/aromatic N) is 1. The second-order valence-corrected chi connectivity index (χ2v) is 4.85. The van der Waals surface area contributed by atoms with Crippen LogP contribution in [0.5, 0.6) is 5.75 Å². The maximum Gasteiger partial charge on any atom is 0.241 e. The largest absolute Gasteiger partial charge is 0.491 e. The fourth-order valence-electron chi connectivity index (χ4n) is 1.48. The molecule has 1 amide bonds. The highest BCUT2D eigenvalue weighted by Crippen LogP contribution is 2.27. The molecule has 0 bridgehead atoms. The first kappa shape index (κ1) is 14.8. The molecule has 0 unspecified atom stereocenters. The van der Waals surface area contributed by atoms with E-state index in [4.69, 9.17) is 16.3 Å². The van der Waals surface area contributed by atoms with Crippen molar-refractivity contribution in [1.82, 2.24) is 0 Å². The van der Waals surface area contributed by atoms with Crippen molar-refractivity contribution in [2.75, 3.05) is 24.4 Å². The molecular formula is C14H20ClNO2. The van der Waals surface area contributed by atoms with E-state index in [1.807, 2.05) is 24.3 Å². The van der Waals surface area contributed by atoms with E-state index in [2.05, 4.69) is 13.8 Å². The van der Waals surface area contributed by atoms with Crippen molar-refractivity contribution in [3.8, 4) is 5.75 Å². The maximum atomic E-state index is 11.6. The first-order valence-electron chi connectivity index (χ1n) is 6.10. The van der Waals surface area contributed by atoms with Gasteiger partial charge in [0.25, 0.3) is 0 Å². The predicted molar refractivity (Wildman–Crippen MR) is 75.5 cm³/mol. The predicted octanol–water partition coefficient (Wildman–Crippen LogP) is 3.31. The van der Waals surface area contributed by atoms with Gasteiger partial charge < -0.3 is 9.64 Å². The molecule has 1 aromatic carbocycles. The lowest BCUT2D eigenvalue weighted by Crippen LogP contribution is -2.27. The second-order valence-electron chi connectivity index (χ2n) is 4.59. The highest BCUT2D eigenvalue weighted by Gasteiger charge is 2.13. The van der Waals surface area contributed by atoms with Gasteiger partial charge in [0.2, 0.25) is 5.91 Å². The molecule has 0 aliphatic heterocycles. The standard InChI is InChI=1S/C14H20ClNO2/c1-11(2)8-9-18-13-7-5-4-6-12(13)16(3)14(17)10-15/h4-7,11H,8-10H2,1-3H3. The van der Waals surface area contributed by atoms with Crippen LogP contribution >= 0.6 is 11.6 Å². The molecule has 0 spiro atoms. The van der Waals surface area contributed by atoms with Gasteiger partial charge in [-0.25, -0.2) is 0 Å². The lowest BCUT2D eigenvalue weighted by atomic mass is 10.1. The van der Waals surface area contributed by atoms with Crippen LogP contribution in [0.25, 0.3) is 0 Å². The summed E-state index contributed by atoms with van der Waals surface area (Å²) >= 11 is 5.56. The van der Waals surface area contributed by atoms with Crippen LogP contribution in [0.3, 0.4) is 0 Å². The lowest BCUT2D eigenvalue weighted by Gasteiger charge is -2.20. The van der Waals surface area contributed by atoms with Gasteiger partial charge in [0, 0.05) is 7.05 Å². The summed E-state index contributed by atoms with van der Waals surface area (Å²) in [6, 6.07) is 7.50. The normalized spacial score (nSPS) is 10.5. The Morgan fingerprint density at radius 1 is 1.39 bits per heavy atom. The number of halogens is 1. The van der Waals surface area contributed by atoms with Gasteiger partial charge in [-0.3, -0.25) is 4.79 Å². The molecule has 0 saturated carbocycles. The molecule has 0 N–H and O–H groups in total. The number of carbonyl (C=O) groups is 1. The quantitative estimate of drug-likeness (QED) is 0.742. The third-order valence-corrected chi connectivity index (χ3v) is 2.90. The number of alkyl halides is 1. The fourth-order valence-corrected chi connectivity index (χ4v) is 1.66. The Kier molecular flexibility index (Phi) is 5.99. The number of hydrogen-bond acceptors (Lipinski definition) is 2. The van der Waals surface area contributed by atoms with E-state index in [0.717, 1.165) is 17.9 Å². The summed E-state index contributed by atoms with van der Waals surface area (Å²) in [6.45, 7) is 4.95. The summed E-state index contributed by atoms with van der Waals surface area (Å²) in [5, 5.41) is 0. The highest BCUT2D eigenvalue weighted by atomic mass is 35.5. The fraction of sp³-hybridized carbons (Fsp3) is 0.500. The van der Waals surface area contributed by atoms with Crippen LogP contribution in [0.4, 0.5) is 5.69 Å². The van der Waals surface area contributed by atoms with Gasteiger partial charge in [0.15, 0.2) is 0 Å². The Bertz CT molecular complexity index is 393. The van der Waals surface area contributed by atoms with Crippen LogP contribution in [0, 0.1) is 5.92 Å². The SMILES string of the molecule is CC(C)CCOc1ccccc1N(C)C(=O)CCl. The topological polar surface area (TPSA) is 29.5 Å². The number of carbonyl (C=O) groups excluding carboxylic acids is 1. The number of para-hydroxylation sites is 2. The zero-order valence-corrected chi connectivity index (χ0v) is 11.9. The molecule has 3 nitrogen and oxygen atoms in total. The van der Waals surface area contributed by atoms with Gasteiger partial charge in [-0.15, -0.1) is 11.6 Å². The van der Waals surface area contributed by atoms with Gasteiger partial charge in [0.1, 0.15) is 11.6 Å². The van der Waals surface area contributed by atoms with Crippen molar-refractivity contribution in [3.05, 3.63) is 24.3 Å². The van der Waals surface area contributed by atoms with Crippen molar-refractivity contribution in [2.45, 2.75) is 20.3 Å². The van der Waals surface area contributed by atoms with Crippen LogP contribution in [0.1, 0.15) is 20.3 Å². The Balaban J connectivity index is 2.76. The maximum absolute atomic E-state index is 11.6. The zero-order chi connectivity index (χ0) is 13.5. The summed E-state index contributed by atoms with van der Waals surface area (Å²) in [6.07, 6.45) is 0.988. The van der Waals surface area contributed by atoms with E-state index >= 15 is 0 Å². The molecular weight excluding hydrogens is 250 g/mol. The molecule has 18 heavy (non-hydrogen) atoms. The first-order chi connectivity index (χ1) is 8.56. The van der Waals surface area contributed by atoms with Crippen LogP contribution in [-0.4, -0.2) is 25.4 Å². The smallest absolute Gasteiger partial charge is 0.241 e. The Labute approximate surface area is 114 Å². The molecule has 0 aromatic heterocycles. The van der Waals surface area contributed by atoms with Gasteiger partial charge in [-0.05, 0) is 24.5 Å². The molecule has 0 fully saturated rings. The number of rotatable bonds is 6. The van der Waals surface area contributed by atoms with Crippen LogP contribution < -0.4 is 9.64 Å². The number of ether oxygens (including phenoxy) is 1. The molecule has 1 rings (SSSR count). The van der Waals surface area contributed by atoms with Crippen LogP contribution in [0.2, 0.25) is 0 Å². The van der Waals surface area contributed by atoms with Crippen LogP contribution in [-0.2, 0) is 4.79 Å². The summed E-state index contributed by atoms with van der Waals surface area (Å²) in [4.78, 5) is 13.1. The highest BCUT2D eigenvalue weighted by molar-refractivity contribution is 6.29. The van der Waals surface area contributed by atoms with Crippen molar-refractivity contribution < 1.29 is 9.53 Å². The van der Waals surface area contributed by atoms with Gasteiger partial charge in [0.05, 0.1) is 12.3 Å². The van der Waals surface area contributed by atoms with Crippen molar-refractivity contribution in [3.63, 3.8) is 0 Å². The summed E-state index contributed by atoms with van der Waals surface area (Å²) in [5.41, 5.74) is 0.756. The average Bonchev–Trinajstić information content (AvgIpc) is 2.37. The molecule has 100 valence electrons.